The lowest BCUT2D eigenvalue weighted by atomic mass is 10.1. The highest BCUT2D eigenvalue weighted by Gasteiger charge is 2.38. The molecule has 9 heteroatoms. The van der Waals surface area contributed by atoms with Crippen LogP contribution in [-0.4, -0.2) is 53.2 Å². The zero-order valence-corrected chi connectivity index (χ0v) is 18.1. The summed E-state index contributed by atoms with van der Waals surface area (Å²) in [7, 11) is 0. The molecule has 0 bridgehead atoms. The summed E-state index contributed by atoms with van der Waals surface area (Å²) in [6.45, 7) is 2.65. The van der Waals surface area contributed by atoms with Crippen molar-refractivity contribution in [1.29, 1.82) is 0 Å². The van der Waals surface area contributed by atoms with Gasteiger partial charge >= 0.3 is 0 Å². The van der Waals surface area contributed by atoms with Gasteiger partial charge in [-0.3, -0.25) is 14.4 Å². The first-order valence-electron chi connectivity index (χ1n) is 9.79. The van der Waals surface area contributed by atoms with Crippen molar-refractivity contribution in [3.8, 4) is 0 Å². The molecule has 2 heterocycles. The number of carbonyl (C=O) groups is 3. The Morgan fingerprint density at radius 1 is 1.27 bits per heavy atom. The van der Waals surface area contributed by atoms with Crippen molar-refractivity contribution in [1.82, 2.24) is 9.80 Å². The van der Waals surface area contributed by atoms with E-state index < -0.39 is 6.04 Å². The molecule has 1 aliphatic rings. The highest BCUT2D eigenvalue weighted by molar-refractivity contribution is 6.35. The first-order valence-corrected chi connectivity index (χ1v) is 10.5. The van der Waals surface area contributed by atoms with Crippen LogP contribution in [0.2, 0.25) is 10.0 Å². The Labute approximate surface area is 184 Å². The molecule has 0 saturated carbocycles. The Kier molecular flexibility index (Phi) is 7.39. The molecule has 1 aromatic carbocycles. The zero-order chi connectivity index (χ0) is 21.7. The van der Waals surface area contributed by atoms with Crippen molar-refractivity contribution < 1.29 is 18.8 Å². The van der Waals surface area contributed by atoms with Crippen LogP contribution in [-0.2, 0) is 9.59 Å². The minimum atomic E-state index is -0.614. The number of benzene rings is 1. The van der Waals surface area contributed by atoms with E-state index in [1.54, 1.807) is 30.3 Å². The van der Waals surface area contributed by atoms with E-state index in [0.29, 0.717) is 48.1 Å². The van der Waals surface area contributed by atoms with Crippen molar-refractivity contribution in [2.45, 2.75) is 32.2 Å². The maximum absolute atomic E-state index is 13.2. The number of nitrogens with zero attached hydrogens (tertiary/aromatic N) is 2. The Hall–Kier alpha value is -2.51. The van der Waals surface area contributed by atoms with Crippen LogP contribution in [0.25, 0.3) is 0 Å². The number of halogens is 2. The molecule has 2 aromatic rings. The lowest BCUT2D eigenvalue weighted by Crippen LogP contribution is -2.50. The Morgan fingerprint density at radius 3 is 2.77 bits per heavy atom. The predicted molar refractivity (Wildman–Crippen MR) is 115 cm³/mol. The molecule has 160 valence electrons. The number of likely N-dealkylation sites (tertiary alicyclic amines) is 1. The molecule has 0 aliphatic carbocycles. The molecule has 30 heavy (non-hydrogen) atoms. The smallest absolute Gasteiger partial charge is 0.290 e. The average molecular weight is 452 g/mol. The van der Waals surface area contributed by atoms with Crippen molar-refractivity contribution in [2.24, 2.45) is 0 Å². The van der Waals surface area contributed by atoms with Gasteiger partial charge in [-0.2, -0.15) is 0 Å². The average Bonchev–Trinajstić information content (AvgIpc) is 3.41. The fraction of sp³-hybridized carbons (Fsp3) is 0.381. The summed E-state index contributed by atoms with van der Waals surface area (Å²) < 4.78 is 5.19. The summed E-state index contributed by atoms with van der Waals surface area (Å²) in [5.74, 6) is -0.753. The van der Waals surface area contributed by atoms with Crippen molar-refractivity contribution >= 4 is 46.6 Å². The van der Waals surface area contributed by atoms with E-state index in [1.165, 1.54) is 16.1 Å². The SMILES string of the molecule is CCCN(CC(=O)Nc1cc(Cl)ccc1Cl)C(=O)C1CCCN1C(=O)c1ccco1. The molecule has 1 N–H and O–H groups in total. The van der Waals surface area contributed by atoms with Gasteiger partial charge in [0.1, 0.15) is 6.04 Å². The molecule has 7 nitrogen and oxygen atoms in total. The first-order chi connectivity index (χ1) is 14.4. The van der Waals surface area contributed by atoms with Crippen LogP contribution in [0.15, 0.2) is 41.0 Å². The van der Waals surface area contributed by atoms with Gasteiger partial charge in [-0.1, -0.05) is 30.1 Å². The first kappa shape index (κ1) is 22.2. The van der Waals surface area contributed by atoms with Crippen LogP contribution in [0.5, 0.6) is 0 Å². The van der Waals surface area contributed by atoms with Crippen LogP contribution in [0.3, 0.4) is 0 Å². The fourth-order valence-corrected chi connectivity index (χ4v) is 3.85. The monoisotopic (exact) mass is 451 g/mol. The molecule has 1 fully saturated rings. The van der Waals surface area contributed by atoms with Gasteiger partial charge in [0.05, 0.1) is 23.5 Å². The molecule has 3 amide bonds. The number of hydrogen-bond donors (Lipinski definition) is 1. The van der Waals surface area contributed by atoms with Crippen molar-refractivity contribution in [3.05, 3.63) is 52.4 Å². The maximum atomic E-state index is 13.2. The van der Waals surface area contributed by atoms with Gasteiger partial charge < -0.3 is 19.5 Å². The number of amides is 3. The summed E-state index contributed by atoms with van der Waals surface area (Å²) in [4.78, 5) is 41.5. The minimum Gasteiger partial charge on any atom is -0.459 e. The largest absolute Gasteiger partial charge is 0.459 e. The van der Waals surface area contributed by atoms with Crippen LogP contribution >= 0.6 is 23.2 Å². The van der Waals surface area contributed by atoms with E-state index in [4.69, 9.17) is 27.6 Å². The number of furan rings is 1. The lowest BCUT2D eigenvalue weighted by molar-refractivity contribution is -0.138. The van der Waals surface area contributed by atoms with Crippen LogP contribution in [0.4, 0.5) is 5.69 Å². The second-order valence-electron chi connectivity index (χ2n) is 7.07. The second kappa shape index (κ2) is 10.00. The van der Waals surface area contributed by atoms with E-state index >= 15 is 0 Å². The molecule has 1 atom stereocenters. The maximum Gasteiger partial charge on any atom is 0.290 e. The highest BCUT2D eigenvalue weighted by Crippen LogP contribution is 2.26. The molecule has 1 aliphatic heterocycles. The second-order valence-corrected chi connectivity index (χ2v) is 7.91. The van der Waals surface area contributed by atoms with Gasteiger partial charge in [0.2, 0.25) is 11.8 Å². The lowest BCUT2D eigenvalue weighted by Gasteiger charge is -2.29. The Bertz CT molecular complexity index is 917. The van der Waals surface area contributed by atoms with Crippen LogP contribution < -0.4 is 5.32 Å². The van der Waals surface area contributed by atoms with Crippen molar-refractivity contribution in [3.63, 3.8) is 0 Å². The molecule has 1 aromatic heterocycles. The number of nitrogens with one attached hydrogen (secondary N) is 1. The predicted octanol–water partition coefficient (Wildman–Crippen LogP) is 4.07. The van der Waals surface area contributed by atoms with Crippen molar-refractivity contribution in [2.75, 3.05) is 25.0 Å². The normalized spacial score (nSPS) is 15.8. The number of hydrogen-bond acceptors (Lipinski definition) is 4. The van der Waals surface area contributed by atoms with E-state index in [1.807, 2.05) is 6.92 Å². The Morgan fingerprint density at radius 2 is 2.07 bits per heavy atom. The Balaban J connectivity index is 1.70. The summed E-state index contributed by atoms with van der Waals surface area (Å²) in [6.07, 6.45) is 3.37. The summed E-state index contributed by atoms with van der Waals surface area (Å²) in [5.41, 5.74) is 0.383. The van der Waals surface area contributed by atoms with Crippen LogP contribution in [0, 0.1) is 0 Å². The van der Waals surface area contributed by atoms with Gasteiger partial charge in [-0.25, -0.2) is 0 Å². The van der Waals surface area contributed by atoms with Gasteiger partial charge in [-0.05, 0) is 49.6 Å². The third kappa shape index (κ3) is 5.15. The fourth-order valence-electron chi connectivity index (χ4n) is 3.51. The highest BCUT2D eigenvalue weighted by atomic mass is 35.5. The minimum absolute atomic E-state index is 0.144. The molecule has 0 radical (unpaired) electrons. The molecule has 1 saturated heterocycles. The summed E-state index contributed by atoms with van der Waals surface area (Å²) in [6, 6.07) is 7.36. The molecular weight excluding hydrogens is 429 g/mol. The third-order valence-corrected chi connectivity index (χ3v) is 5.44. The third-order valence-electron chi connectivity index (χ3n) is 4.87. The number of anilines is 1. The number of rotatable bonds is 7. The summed E-state index contributed by atoms with van der Waals surface area (Å²) >= 11 is 12.1. The van der Waals surface area contributed by atoms with E-state index in [9.17, 15) is 14.4 Å². The van der Waals surface area contributed by atoms with Crippen LogP contribution in [0.1, 0.15) is 36.7 Å². The van der Waals surface area contributed by atoms with Gasteiger partial charge in [-0.15, -0.1) is 0 Å². The molecule has 0 spiro atoms. The molecule has 1 unspecified atom stereocenters. The van der Waals surface area contributed by atoms with E-state index in [0.717, 1.165) is 0 Å². The van der Waals surface area contributed by atoms with Gasteiger partial charge in [0, 0.05) is 18.1 Å². The van der Waals surface area contributed by atoms with Gasteiger partial charge in [0.15, 0.2) is 5.76 Å². The number of carbonyl (C=O) groups excluding carboxylic acids is 3. The zero-order valence-electron chi connectivity index (χ0n) is 16.6. The van der Waals surface area contributed by atoms with E-state index in [-0.39, 0.29) is 30.0 Å². The van der Waals surface area contributed by atoms with Gasteiger partial charge in [0.25, 0.3) is 5.91 Å². The quantitative estimate of drug-likeness (QED) is 0.687. The summed E-state index contributed by atoms with van der Waals surface area (Å²) in [5, 5.41) is 3.49. The van der Waals surface area contributed by atoms with E-state index in [2.05, 4.69) is 5.32 Å². The standard InChI is InChI=1S/C21H23Cl2N3O4/c1-2-9-25(13-19(27)24-16-12-14(22)7-8-15(16)23)20(28)17-5-3-10-26(17)21(29)18-6-4-11-30-18/h4,6-8,11-12,17H,2-3,5,9-10,13H2,1H3,(H,24,27). The molecular formula is C21H23Cl2N3O4. The molecule has 3 rings (SSSR count). The topological polar surface area (TPSA) is 82.9 Å².